The Kier molecular flexibility index (Phi) is 8.84. The minimum atomic E-state index is -3.57. The van der Waals surface area contributed by atoms with Gasteiger partial charge >= 0.3 is 0 Å². The summed E-state index contributed by atoms with van der Waals surface area (Å²) in [5.41, 5.74) is 1.85. The summed E-state index contributed by atoms with van der Waals surface area (Å²) in [4.78, 5) is 23.0. The van der Waals surface area contributed by atoms with E-state index in [-0.39, 0.29) is 11.8 Å². The molecule has 1 aromatic heterocycles. The molecule has 4 rings (SSSR count). The SMILES string of the molecule is CCN(CC)CCN(C(=O)C1CCN(S(=O)(=O)c2ccc(C)cc2)CC1)c1nc2ccc(OC)cc2s1. The van der Waals surface area contributed by atoms with Crippen LogP contribution in [0.5, 0.6) is 5.75 Å². The molecule has 1 aliphatic rings. The Morgan fingerprint density at radius 2 is 1.76 bits per heavy atom. The number of thiazole rings is 1. The molecule has 2 aromatic carbocycles. The van der Waals surface area contributed by atoms with Crippen molar-refractivity contribution in [1.82, 2.24) is 14.2 Å². The molecule has 1 aliphatic heterocycles. The molecule has 0 bridgehead atoms. The predicted molar refractivity (Wildman–Crippen MR) is 149 cm³/mol. The Balaban J connectivity index is 1.52. The number of nitrogens with zero attached hydrogens (tertiary/aromatic N) is 4. The summed E-state index contributed by atoms with van der Waals surface area (Å²) < 4.78 is 34.1. The zero-order valence-electron chi connectivity index (χ0n) is 22.0. The van der Waals surface area contributed by atoms with Gasteiger partial charge in [0.2, 0.25) is 15.9 Å². The van der Waals surface area contributed by atoms with Crippen LogP contribution in [0.1, 0.15) is 32.3 Å². The van der Waals surface area contributed by atoms with Crippen molar-refractivity contribution in [3.8, 4) is 5.75 Å². The summed E-state index contributed by atoms with van der Waals surface area (Å²) in [6.07, 6.45) is 0.981. The first-order valence-corrected chi connectivity index (χ1v) is 15.1. The zero-order chi connectivity index (χ0) is 26.6. The molecular formula is C27H36N4O4S2. The monoisotopic (exact) mass is 544 g/mol. The molecule has 2 heterocycles. The number of amides is 1. The van der Waals surface area contributed by atoms with Gasteiger partial charge in [0, 0.05) is 32.1 Å². The fraction of sp³-hybridized carbons (Fsp3) is 0.481. The standard InChI is InChI=1S/C27H36N4O4S2/c1-5-29(6-2)17-18-31(27-28-24-12-9-22(35-4)19-25(24)36-27)26(32)21-13-15-30(16-14-21)37(33,34)23-10-7-20(3)8-11-23/h7-12,19,21H,5-6,13-18H2,1-4H3. The normalized spacial score (nSPS) is 15.4. The number of rotatable bonds is 10. The number of fused-ring (bicyclic) bond motifs is 1. The minimum Gasteiger partial charge on any atom is -0.497 e. The van der Waals surface area contributed by atoms with Crippen LogP contribution < -0.4 is 9.64 Å². The van der Waals surface area contributed by atoms with Gasteiger partial charge in [-0.25, -0.2) is 13.4 Å². The average Bonchev–Trinajstić information content (AvgIpc) is 3.34. The third kappa shape index (κ3) is 6.14. The second-order valence-corrected chi connectivity index (χ2v) is 12.3. The quantitative estimate of drug-likeness (QED) is 0.377. The maximum absolute atomic E-state index is 13.8. The fourth-order valence-corrected chi connectivity index (χ4v) is 7.13. The molecule has 10 heteroatoms. The van der Waals surface area contributed by atoms with Crippen molar-refractivity contribution in [2.75, 3.05) is 51.3 Å². The first kappa shape index (κ1) is 27.5. The molecule has 1 fully saturated rings. The molecule has 37 heavy (non-hydrogen) atoms. The van der Waals surface area contributed by atoms with Gasteiger partial charge in [-0.3, -0.25) is 9.69 Å². The van der Waals surface area contributed by atoms with Crippen LogP contribution >= 0.6 is 11.3 Å². The summed E-state index contributed by atoms with van der Waals surface area (Å²) in [5.74, 6) is 0.527. The summed E-state index contributed by atoms with van der Waals surface area (Å²) in [7, 11) is -1.94. The number of aromatic nitrogens is 1. The lowest BCUT2D eigenvalue weighted by atomic mass is 9.96. The smallest absolute Gasteiger partial charge is 0.243 e. The number of methoxy groups -OCH3 is 1. The predicted octanol–water partition coefficient (Wildman–Crippen LogP) is 4.39. The summed E-state index contributed by atoms with van der Waals surface area (Å²) in [6.45, 7) is 9.92. The third-order valence-corrected chi connectivity index (χ3v) is 10.0. The topological polar surface area (TPSA) is 83.0 Å². The minimum absolute atomic E-state index is 0.0190. The summed E-state index contributed by atoms with van der Waals surface area (Å²) >= 11 is 1.49. The van der Waals surface area contributed by atoms with Gasteiger partial charge in [-0.05, 0) is 63.2 Å². The van der Waals surface area contributed by atoms with Gasteiger partial charge < -0.3 is 9.64 Å². The molecule has 8 nitrogen and oxygen atoms in total. The molecule has 0 radical (unpaired) electrons. The molecule has 0 aliphatic carbocycles. The number of likely N-dealkylation sites (N-methyl/N-ethyl adjacent to an activating group) is 1. The van der Waals surface area contributed by atoms with Crippen molar-refractivity contribution in [2.45, 2.75) is 38.5 Å². The van der Waals surface area contributed by atoms with Crippen molar-refractivity contribution in [3.05, 3.63) is 48.0 Å². The van der Waals surface area contributed by atoms with E-state index in [1.165, 1.54) is 15.6 Å². The first-order chi connectivity index (χ1) is 17.8. The Morgan fingerprint density at radius 1 is 1.08 bits per heavy atom. The van der Waals surface area contributed by atoms with E-state index in [0.29, 0.717) is 42.5 Å². The molecule has 200 valence electrons. The van der Waals surface area contributed by atoms with E-state index in [0.717, 1.165) is 41.2 Å². The van der Waals surface area contributed by atoms with Crippen LogP contribution in [0.3, 0.4) is 0 Å². The molecule has 0 saturated carbocycles. The van der Waals surface area contributed by atoms with Gasteiger partial charge in [0.25, 0.3) is 0 Å². The van der Waals surface area contributed by atoms with E-state index in [4.69, 9.17) is 9.72 Å². The van der Waals surface area contributed by atoms with E-state index in [9.17, 15) is 13.2 Å². The van der Waals surface area contributed by atoms with Gasteiger partial charge in [-0.15, -0.1) is 0 Å². The van der Waals surface area contributed by atoms with E-state index in [1.54, 1.807) is 19.2 Å². The highest BCUT2D eigenvalue weighted by Crippen LogP contribution is 2.33. The van der Waals surface area contributed by atoms with Crippen molar-refractivity contribution in [3.63, 3.8) is 0 Å². The van der Waals surface area contributed by atoms with Gasteiger partial charge in [-0.1, -0.05) is 42.9 Å². The lowest BCUT2D eigenvalue weighted by molar-refractivity contribution is -0.123. The Labute approximate surface area is 223 Å². The van der Waals surface area contributed by atoms with Crippen LogP contribution in [0.15, 0.2) is 47.4 Å². The number of hydrogen-bond donors (Lipinski definition) is 0. The highest BCUT2D eigenvalue weighted by molar-refractivity contribution is 7.89. The fourth-order valence-electron chi connectivity index (χ4n) is 4.64. The lowest BCUT2D eigenvalue weighted by Gasteiger charge is -2.33. The Morgan fingerprint density at radius 3 is 2.38 bits per heavy atom. The highest BCUT2D eigenvalue weighted by atomic mass is 32.2. The molecular weight excluding hydrogens is 508 g/mol. The number of hydrogen-bond acceptors (Lipinski definition) is 7. The van der Waals surface area contributed by atoms with Crippen molar-refractivity contribution in [2.24, 2.45) is 5.92 Å². The second kappa shape index (κ2) is 11.9. The largest absolute Gasteiger partial charge is 0.497 e. The molecule has 0 N–H and O–H groups in total. The number of benzene rings is 2. The number of carbonyl (C=O) groups is 1. The van der Waals surface area contributed by atoms with Crippen molar-refractivity contribution < 1.29 is 17.9 Å². The molecule has 0 unspecified atom stereocenters. The van der Waals surface area contributed by atoms with Gasteiger partial charge in [0.1, 0.15) is 5.75 Å². The van der Waals surface area contributed by atoms with Crippen LogP contribution in [0, 0.1) is 12.8 Å². The van der Waals surface area contributed by atoms with E-state index < -0.39 is 10.0 Å². The summed E-state index contributed by atoms with van der Waals surface area (Å²) in [6, 6.07) is 12.7. The van der Waals surface area contributed by atoms with E-state index in [2.05, 4.69) is 18.7 Å². The Bertz CT molecular complexity index is 1310. The van der Waals surface area contributed by atoms with Crippen LogP contribution in [0.4, 0.5) is 5.13 Å². The molecule has 0 atom stereocenters. The van der Waals surface area contributed by atoms with Crippen molar-refractivity contribution >= 4 is 42.6 Å². The zero-order valence-corrected chi connectivity index (χ0v) is 23.6. The summed E-state index contributed by atoms with van der Waals surface area (Å²) in [5, 5.41) is 0.676. The second-order valence-electron chi connectivity index (χ2n) is 9.34. The van der Waals surface area contributed by atoms with Crippen LogP contribution in [-0.4, -0.2) is 74.9 Å². The number of aryl methyl sites for hydroxylation is 1. The number of anilines is 1. The molecule has 0 spiro atoms. The average molecular weight is 545 g/mol. The number of sulfonamides is 1. The Hall–Kier alpha value is -2.53. The molecule has 3 aromatic rings. The number of ether oxygens (including phenoxy) is 1. The van der Waals surface area contributed by atoms with Gasteiger partial charge in [0.15, 0.2) is 5.13 Å². The van der Waals surface area contributed by atoms with E-state index >= 15 is 0 Å². The molecule has 1 amide bonds. The van der Waals surface area contributed by atoms with Crippen LogP contribution in [-0.2, 0) is 14.8 Å². The van der Waals surface area contributed by atoms with Crippen molar-refractivity contribution in [1.29, 1.82) is 0 Å². The highest BCUT2D eigenvalue weighted by Gasteiger charge is 2.35. The van der Waals surface area contributed by atoms with Crippen LogP contribution in [0.2, 0.25) is 0 Å². The third-order valence-electron chi connectivity index (χ3n) is 7.08. The number of carbonyl (C=O) groups excluding carboxylic acids is 1. The van der Waals surface area contributed by atoms with Crippen LogP contribution in [0.25, 0.3) is 10.2 Å². The maximum Gasteiger partial charge on any atom is 0.243 e. The maximum atomic E-state index is 13.8. The lowest BCUT2D eigenvalue weighted by Crippen LogP contribution is -2.46. The van der Waals surface area contributed by atoms with Gasteiger partial charge in [0.05, 0.1) is 22.2 Å². The molecule has 1 saturated heterocycles. The van der Waals surface area contributed by atoms with Gasteiger partial charge in [-0.2, -0.15) is 4.31 Å². The van der Waals surface area contributed by atoms with E-state index in [1.807, 2.05) is 42.2 Å². The number of piperidine rings is 1. The first-order valence-electron chi connectivity index (χ1n) is 12.8.